The van der Waals surface area contributed by atoms with Crippen LogP contribution in [0.15, 0.2) is 0 Å². The molecule has 0 amide bonds. The van der Waals surface area contributed by atoms with E-state index in [1.54, 1.807) is 0 Å². The Morgan fingerprint density at radius 3 is 1.53 bits per heavy atom. The fourth-order valence-corrected chi connectivity index (χ4v) is 0.945. The van der Waals surface area contributed by atoms with Crippen molar-refractivity contribution < 1.29 is 27.1 Å². The Hall–Kier alpha value is -1.61. The zero-order valence-electron chi connectivity index (χ0n) is 6.99. The summed E-state index contributed by atoms with van der Waals surface area (Å²) in [4.78, 5) is 0. The molecule has 1 unspecified atom stereocenters. The number of rotatable bonds is 1. The Kier molecular flexibility index (Phi) is 2.95. The van der Waals surface area contributed by atoms with E-state index in [-0.39, 0.29) is 0 Å². The van der Waals surface area contributed by atoms with E-state index >= 15 is 0 Å². The van der Waals surface area contributed by atoms with Crippen LogP contribution in [0.25, 0.3) is 0 Å². The van der Waals surface area contributed by atoms with Gasteiger partial charge in [0.2, 0.25) is 5.82 Å². The van der Waals surface area contributed by atoms with Gasteiger partial charge in [0.05, 0.1) is 5.56 Å². The second kappa shape index (κ2) is 3.87. The standard InChI is InChI=1S/C9H3F5O/c1-2-3(15)4-5(10)7(12)9(14)8(13)6(4)11/h1,3,15H. The first kappa shape index (κ1) is 11.5. The third-order valence-electron chi connectivity index (χ3n) is 1.68. The van der Waals surface area contributed by atoms with E-state index in [4.69, 9.17) is 5.11 Å². The topological polar surface area (TPSA) is 20.2 Å². The number of benzene rings is 1. The van der Waals surface area contributed by atoms with Gasteiger partial charge in [-0.15, -0.1) is 6.42 Å². The average Bonchev–Trinajstić information content (AvgIpc) is 2.23. The normalized spacial score (nSPS) is 12.3. The van der Waals surface area contributed by atoms with Crippen LogP contribution in [0.1, 0.15) is 11.7 Å². The molecule has 0 spiro atoms. The van der Waals surface area contributed by atoms with Gasteiger partial charge >= 0.3 is 0 Å². The fraction of sp³-hybridized carbons (Fsp3) is 0.111. The molecule has 0 saturated heterocycles. The van der Waals surface area contributed by atoms with Gasteiger partial charge in [-0.3, -0.25) is 0 Å². The number of terminal acetylenes is 1. The van der Waals surface area contributed by atoms with Crippen LogP contribution in [-0.4, -0.2) is 5.11 Å². The van der Waals surface area contributed by atoms with Crippen LogP contribution < -0.4 is 0 Å². The van der Waals surface area contributed by atoms with Crippen molar-refractivity contribution in [2.24, 2.45) is 0 Å². The molecule has 0 saturated carbocycles. The highest BCUT2D eigenvalue weighted by Crippen LogP contribution is 2.27. The lowest BCUT2D eigenvalue weighted by atomic mass is 10.1. The highest BCUT2D eigenvalue weighted by Gasteiger charge is 2.28. The van der Waals surface area contributed by atoms with Crippen LogP contribution >= 0.6 is 0 Å². The van der Waals surface area contributed by atoms with E-state index in [9.17, 15) is 22.0 Å². The maximum atomic E-state index is 12.9. The lowest BCUT2D eigenvalue weighted by molar-refractivity contribution is 0.219. The Bertz CT molecular complexity index is 420. The van der Waals surface area contributed by atoms with Gasteiger partial charge < -0.3 is 5.11 Å². The monoisotopic (exact) mass is 222 g/mol. The molecule has 0 fully saturated rings. The van der Waals surface area contributed by atoms with E-state index in [1.165, 1.54) is 5.92 Å². The van der Waals surface area contributed by atoms with Gasteiger partial charge in [0, 0.05) is 0 Å². The first-order valence-corrected chi connectivity index (χ1v) is 3.57. The SMILES string of the molecule is C#CC(O)c1c(F)c(F)c(F)c(F)c1F. The van der Waals surface area contributed by atoms with Gasteiger partial charge in [-0.25, -0.2) is 22.0 Å². The van der Waals surface area contributed by atoms with Gasteiger partial charge in [-0.2, -0.15) is 0 Å². The summed E-state index contributed by atoms with van der Waals surface area (Å²) in [6.07, 6.45) is 2.42. The lowest BCUT2D eigenvalue weighted by Crippen LogP contribution is -2.10. The molecular formula is C9H3F5O. The summed E-state index contributed by atoms with van der Waals surface area (Å²) in [6, 6.07) is 0. The van der Waals surface area contributed by atoms with E-state index in [0.717, 1.165) is 0 Å². The van der Waals surface area contributed by atoms with Crippen LogP contribution in [0, 0.1) is 41.4 Å². The largest absolute Gasteiger partial charge is 0.376 e. The number of hydrogen-bond acceptors (Lipinski definition) is 1. The summed E-state index contributed by atoms with van der Waals surface area (Å²) >= 11 is 0. The maximum Gasteiger partial charge on any atom is 0.200 e. The second-order valence-corrected chi connectivity index (χ2v) is 2.55. The maximum absolute atomic E-state index is 12.9. The van der Waals surface area contributed by atoms with Gasteiger partial charge in [0.1, 0.15) is 6.10 Å². The summed E-state index contributed by atoms with van der Waals surface area (Å²) in [5, 5.41) is 8.86. The van der Waals surface area contributed by atoms with Crippen molar-refractivity contribution in [3.8, 4) is 12.3 Å². The molecule has 0 aliphatic carbocycles. The first-order chi connectivity index (χ1) is 6.91. The molecule has 6 heteroatoms. The molecular weight excluding hydrogens is 219 g/mol. The molecule has 1 atom stereocenters. The zero-order chi connectivity index (χ0) is 11.7. The highest BCUT2D eigenvalue weighted by atomic mass is 19.2. The minimum absolute atomic E-state index is 1.42. The molecule has 0 aliphatic rings. The minimum Gasteiger partial charge on any atom is -0.376 e. The molecule has 1 aromatic carbocycles. The second-order valence-electron chi connectivity index (χ2n) is 2.55. The molecule has 0 aliphatic heterocycles. The third kappa shape index (κ3) is 1.66. The number of aliphatic hydroxyl groups is 1. The van der Waals surface area contributed by atoms with E-state index in [0.29, 0.717) is 0 Å². The smallest absolute Gasteiger partial charge is 0.200 e. The summed E-state index contributed by atoms with van der Waals surface area (Å²) in [5.74, 6) is -9.37. The molecule has 0 radical (unpaired) electrons. The van der Waals surface area contributed by atoms with Crippen LogP contribution in [0.4, 0.5) is 22.0 Å². The summed E-state index contributed by atoms with van der Waals surface area (Å²) in [7, 11) is 0. The van der Waals surface area contributed by atoms with E-state index < -0.39 is 40.8 Å². The van der Waals surface area contributed by atoms with Crippen molar-refractivity contribution in [1.82, 2.24) is 0 Å². The van der Waals surface area contributed by atoms with Crippen molar-refractivity contribution in [2.75, 3.05) is 0 Å². The molecule has 80 valence electrons. The highest BCUT2D eigenvalue weighted by molar-refractivity contribution is 5.29. The van der Waals surface area contributed by atoms with Crippen LogP contribution in [0.5, 0.6) is 0 Å². The van der Waals surface area contributed by atoms with E-state index in [2.05, 4.69) is 6.42 Å². The Labute approximate surface area is 81.1 Å². The molecule has 15 heavy (non-hydrogen) atoms. The summed E-state index contributed by atoms with van der Waals surface area (Å²) in [6.45, 7) is 0. The summed E-state index contributed by atoms with van der Waals surface area (Å²) < 4.78 is 63.3. The van der Waals surface area contributed by atoms with Gasteiger partial charge in [0.15, 0.2) is 23.3 Å². The summed E-state index contributed by atoms with van der Waals surface area (Å²) in [5.41, 5.74) is -1.42. The number of aliphatic hydroxyl groups excluding tert-OH is 1. The van der Waals surface area contributed by atoms with Crippen molar-refractivity contribution >= 4 is 0 Å². The first-order valence-electron chi connectivity index (χ1n) is 3.57. The minimum atomic E-state index is -2.29. The van der Waals surface area contributed by atoms with Crippen molar-refractivity contribution in [3.05, 3.63) is 34.6 Å². The van der Waals surface area contributed by atoms with Gasteiger partial charge in [-0.05, 0) is 0 Å². The Morgan fingerprint density at radius 2 is 1.20 bits per heavy atom. The molecule has 1 N–H and O–H groups in total. The number of hydrogen-bond donors (Lipinski definition) is 1. The predicted octanol–water partition coefficient (Wildman–Crippen LogP) is 2.05. The lowest BCUT2D eigenvalue weighted by Gasteiger charge is -2.09. The average molecular weight is 222 g/mol. The van der Waals surface area contributed by atoms with Crippen LogP contribution in [0.3, 0.4) is 0 Å². The van der Waals surface area contributed by atoms with Crippen molar-refractivity contribution in [3.63, 3.8) is 0 Å². The molecule has 1 aromatic rings. The molecule has 0 aromatic heterocycles. The Balaban J connectivity index is 3.61. The van der Waals surface area contributed by atoms with Gasteiger partial charge in [0.25, 0.3) is 0 Å². The Morgan fingerprint density at radius 1 is 0.867 bits per heavy atom. The van der Waals surface area contributed by atoms with Crippen molar-refractivity contribution in [2.45, 2.75) is 6.10 Å². The zero-order valence-corrected chi connectivity index (χ0v) is 6.99. The quantitative estimate of drug-likeness (QED) is 0.333. The molecule has 1 nitrogen and oxygen atoms in total. The fourth-order valence-electron chi connectivity index (χ4n) is 0.945. The van der Waals surface area contributed by atoms with Gasteiger partial charge in [-0.1, -0.05) is 5.92 Å². The van der Waals surface area contributed by atoms with Crippen molar-refractivity contribution in [1.29, 1.82) is 0 Å². The number of halogens is 5. The molecule has 1 rings (SSSR count). The predicted molar refractivity (Wildman–Crippen MR) is 40.0 cm³/mol. The van der Waals surface area contributed by atoms with E-state index in [1.807, 2.05) is 0 Å². The van der Waals surface area contributed by atoms with Crippen LogP contribution in [-0.2, 0) is 0 Å². The third-order valence-corrected chi connectivity index (χ3v) is 1.68. The molecule has 0 heterocycles. The van der Waals surface area contributed by atoms with Crippen LogP contribution in [0.2, 0.25) is 0 Å². The molecule has 0 bridgehead atoms.